The van der Waals surface area contributed by atoms with E-state index < -0.39 is 0 Å². The van der Waals surface area contributed by atoms with Gasteiger partial charge in [0.05, 0.1) is 17.4 Å². The zero-order chi connectivity index (χ0) is 18.5. The third kappa shape index (κ3) is 2.95. The van der Waals surface area contributed by atoms with Crippen molar-refractivity contribution in [1.82, 2.24) is 29.7 Å². The highest BCUT2D eigenvalue weighted by Gasteiger charge is 2.24. The van der Waals surface area contributed by atoms with Gasteiger partial charge in [0.25, 0.3) is 0 Å². The van der Waals surface area contributed by atoms with Crippen LogP contribution >= 0.6 is 11.3 Å². The van der Waals surface area contributed by atoms with Crippen LogP contribution in [-0.4, -0.2) is 37.5 Å². The van der Waals surface area contributed by atoms with Gasteiger partial charge in [0.15, 0.2) is 0 Å². The maximum atomic E-state index is 4.90. The molecule has 1 aliphatic rings. The lowest BCUT2D eigenvalue weighted by molar-refractivity contribution is 0.355. The van der Waals surface area contributed by atoms with Crippen molar-refractivity contribution in [2.24, 2.45) is 7.05 Å². The fourth-order valence-electron chi connectivity index (χ4n) is 4.26. The molecule has 1 N–H and O–H groups in total. The molecular weight excluding hydrogens is 356 g/mol. The molecule has 0 bridgehead atoms. The van der Waals surface area contributed by atoms with Crippen LogP contribution in [0.3, 0.4) is 0 Å². The molecular formula is C20H24N6S. The summed E-state index contributed by atoms with van der Waals surface area (Å²) in [6.45, 7) is 2.11. The standard InChI is InChI=1S/C20H24N6S/c1-12-8-14(9-15-10-25(3)23-18(12)15)19-24-26-11-17(22-20(26)27-19)13-4-6-16(21-2)7-5-13/h8-11,13,16,21H,4-7H2,1-3H3. The van der Waals surface area contributed by atoms with E-state index >= 15 is 0 Å². The van der Waals surface area contributed by atoms with Gasteiger partial charge in [-0.2, -0.15) is 10.2 Å². The number of fused-ring (bicyclic) bond motifs is 2. The lowest BCUT2D eigenvalue weighted by atomic mass is 9.84. The molecule has 0 aliphatic heterocycles. The van der Waals surface area contributed by atoms with Crippen molar-refractivity contribution in [3.63, 3.8) is 0 Å². The quantitative estimate of drug-likeness (QED) is 0.586. The van der Waals surface area contributed by atoms with Crippen molar-refractivity contribution in [2.45, 2.75) is 44.6 Å². The lowest BCUT2D eigenvalue weighted by Crippen LogP contribution is -2.29. The second-order valence-corrected chi connectivity index (χ2v) is 8.63. The monoisotopic (exact) mass is 380 g/mol. The van der Waals surface area contributed by atoms with Gasteiger partial charge in [0.1, 0.15) is 5.01 Å². The van der Waals surface area contributed by atoms with Crippen molar-refractivity contribution >= 4 is 27.2 Å². The van der Waals surface area contributed by atoms with Crippen LogP contribution in [0.1, 0.15) is 42.9 Å². The Morgan fingerprint density at radius 3 is 2.67 bits per heavy atom. The Morgan fingerprint density at radius 1 is 1.11 bits per heavy atom. The van der Waals surface area contributed by atoms with Crippen LogP contribution in [-0.2, 0) is 7.05 Å². The van der Waals surface area contributed by atoms with E-state index in [0.717, 1.165) is 26.4 Å². The first kappa shape index (κ1) is 16.9. The highest BCUT2D eigenvalue weighted by Crippen LogP contribution is 2.35. The fourth-order valence-corrected chi connectivity index (χ4v) is 5.14. The summed E-state index contributed by atoms with van der Waals surface area (Å²) < 4.78 is 3.83. The third-order valence-electron chi connectivity index (χ3n) is 5.78. The minimum absolute atomic E-state index is 0.570. The summed E-state index contributed by atoms with van der Waals surface area (Å²) in [6, 6.07) is 5.02. The summed E-state index contributed by atoms with van der Waals surface area (Å²) >= 11 is 1.67. The zero-order valence-corrected chi connectivity index (χ0v) is 16.8. The summed E-state index contributed by atoms with van der Waals surface area (Å²) in [6.07, 6.45) is 9.07. The molecule has 0 unspecified atom stereocenters. The maximum absolute atomic E-state index is 4.90. The number of rotatable bonds is 3. The molecule has 4 aromatic rings. The first-order chi connectivity index (χ1) is 13.1. The lowest BCUT2D eigenvalue weighted by Gasteiger charge is -2.26. The van der Waals surface area contributed by atoms with Crippen LogP contribution in [0.5, 0.6) is 0 Å². The number of benzene rings is 1. The van der Waals surface area contributed by atoms with Crippen LogP contribution in [0, 0.1) is 6.92 Å². The van der Waals surface area contributed by atoms with Crippen molar-refractivity contribution in [3.8, 4) is 10.6 Å². The number of nitrogens with zero attached hydrogens (tertiary/aromatic N) is 5. The van der Waals surface area contributed by atoms with Crippen LogP contribution in [0.2, 0.25) is 0 Å². The van der Waals surface area contributed by atoms with Crippen LogP contribution in [0.4, 0.5) is 0 Å². The molecule has 0 spiro atoms. The number of aryl methyl sites for hydroxylation is 2. The molecule has 1 saturated carbocycles. The van der Waals surface area contributed by atoms with Gasteiger partial charge in [0.2, 0.25) is 4.96 Å². The summed E-state index contributed by atoms with van der Waals surface area (Å²) in [5.74, 6) is 0.570. The Kier molecular flexibility index (Phi) is 4.02. The maximum Gasteiger partial charge on any atom is 0.212 e. The molecule has 0 radical (unpaired) electrons. The highest BCUT2D eigenvalue weighted by molar-refractivity contribution is 7.19. The Morgan fingerprint density at radius 2 is 1.93 bits per heavy atom. The van der Waals surface area contributed by atoms with Crippen LogP contribution in [0.15, 0.2) is 24.5 Å². The van der Waals surface area contributed by atoms with E-state index in [-0.39, 0.29) is 0 Å². The van der Waals surface area contributed by atoms with Crippen molar-refractivity contribution < 1.29 is 0 Å². The second kappa shape index (κ2) is 6.42. The number of hydrogen-bond donors (Lipinski definition) is 1. The van der Waals surface area contributed by atoms with E-state index in [0.29, 0.717) is 12.0 Å². The molecule has 5 rings (SSSR count). The molecule has 0 atom stereocenters. The number of aromatic nitrogens is 5. The average molecular weight is 381 g/mol. The van der Waals surface area contributed by atoms with Gasteiger partial charge in [-0.25, -0.2) is 9.50 Å². The highest BCUT2D eigenvalue weighted by atomic mass is 32.1. The molecule has 1 aromatic carbocycles. The normalized spacial score (nSPS) is 20.7. The first-order valence-electron chi connectivity index (χ1n) is 9.58. The smallest absolute Gasteiger partial charge is 0.212 e. The van der Waals surface area contributed by atoms with Gasteiger partial charge in [-0.1, -0.05) is 11.3 Å². The molecule has 140 valence electrons. The number of nitrogens with one attached hydrogen (secondary N) is 1. The molecule has 27 heavy (non-hydrogen) atoms. The molecule has 0 amide bonds. The van der Waals surface area contributed by atoms with Crippen LogP contribution in [0.25, 0.3) is 26.4 Å². The first-order valence-corrected chi connectivity index (χ1v) is 10.4. The van der Waals surface area contributed by atoms with E-state index in [1.807, 2.05) is 16.2 Å². The van der Waals surface area contributed by atoms with Gasteiger partial charge in [-0.3, -0.25) is 4.68 Å². The molecule has 6 nitrogen and oxygen atoms in total. The topological polar surface area (TPSA) is 60.0 Å². The van der Waals surface area contributed by atoms with E-state index in [9.17, 15) is 0 Å². The largest absolute Gasteiger partial charge is 0.317 e. The minimum Gasteiger partial charge on any atom is -0.317 e. The molecule has 0 saturated heterocycles. The Balaban J connectivity index is 1.45. The Hall–Kier alpha value is -2.25. The van der Waals surface area contributed by atoms with Gasteiger partial charge in [-0.15, -0.1) is 0 Å². The van der Waals surface area contributed by atoms with E-state index in [4.69, 9.17) is 10.1 Å². The second-order valence-electron chi connectivity index (χ2n) is 7.67. The summed E-state index contributed by atoms with van der Waals surface area (Å²) in [5.41, 5.74) is 4.58. The molecule has 1 fully saturated rings. The zero-order valence-electron chi connectivity index (χ0n) is 15.9. The van der Waals surface area contributed by atoms with E-state index in [2.05, 4.69) is 48.9 Å². The SMILES string of the molecule is CNC1CCC(c2cn3nc(-c4cc(C)c5nn(C)cc5c4)sc3n2)CC1. The molecule has 3 aromatic heterocycles. The van der Waals surface area contributed by atoms with Gasteiger partial charge < -0.3 is 5.32 Å². The number of imidazole rings is 1. The summed E-state index contributed by atoms with van der Waals surface area (Å²) in [7, 11) is 4.02. The average Bonchev–Trinajstić information content (AvgIpc) is 3.34. The van der Waals surface area contributed by atoms with Crippen molar-refractivity contribution in [2.75, 3.05) is 7.05 Å². The molecule has 7 heteroatoms. The Labute approximate surface area is 162 Å². The fraction of sp³-hybridized carbons (Fsp3) is 0.450. The molecule has 1 aliphatic carbocycles. The summed E-state index contributed by atoms with van der Waals surface area (Å²) in [5, 5.41) is 14.9. The predicted molar refractivity (Wildman–Crippen MR) is 109 cm³/mol. The van der Waals surface area contributed by atoms with Gasteiger partial charge in [-0.05, 0) is 57.4 Å². The van der Waals surface area contributed by atoms with Gasteiger partial charge in [0, 0.05) is 36.2 Å². The third-order valence-corrected chi connectivity index (χ3v) is 6.75. The van der Waals surface area contributed by atoms with Crippen molar-refractivity contribution in [3.05, 3.63) is 35.8 Å². The molecule has 3 heterocycles. The van der Waals surface area contributed by atoms with E-state index in [1.165, 1.54) is 36.9 Å². The van der Waals surface area contributed by atoms with Gasteiger partial charge >= 0.3 is 0 Å². The van der Waals surface area contributed by atoms with Crippen molar-refractivity contribution in [1.29, 1.82) is 0 Å². The van der Waals surface area contributed by atoms with E-state index in [1.54, 1.807) is 11.3 Å². The minimum atomic E-state index is 0.570. The number of hydrogen-bond acceptors (Lipinski definition) is 5. The summed E-state index contributed by atoms with van der Waals surface area (Å²) in [4.78, 5) is 5.89. The van der Waals surface area contributed by atoms with Crippen LogP contribution < -0.4 is 5.32 Å². The predicted octanol–water partition coefficient (Wildman–Crippen LogP) is 3.90. The Bertz CT molecular complexity index is 1080.